The highest BCUT2D eigenvalue weighted by molar-refractivity contribution is 5.79. The fourth-order valence-electron chi connectivity index (χ4n) is 3.29. The van der Waals surface area contributed by atoms with Gasteiger partial charge in [-0.15, -0.1) is 0 Å². The lowest BCUT2D eigenvalue weighted by Gasteiger charge is -2.12. The molecule has 2 N–H and O–H groups in total. The molecule has 0 radical (unpaired) electrons. The molecular formula is C22H26N6O. The van der Waals surface area contributed by atoms with Crippen molar-refractivity contribution in [2.75, 3.05) is 19.7 Å². The maximum Gasteiger partial charge on any atom is 0.191 e. The summed E-state index contributed by atoms with van der Waals surface area (Å²) < 4.78 is 7.45. The number of guanidine groups is 1. The normalized spacial score (nSPS) is 13.1. The summed E-state index contributed by atoms with van der Waals surface area (Å²) in [6, 6.07) is 10.5. The van der Waals surface area contributed by atoms with Crippen molar-refractivity contribution in [3.8, 4) is 11.6 Å². The standard InChI is InChI=1S/C22H26N6O/c1-2-24-22(25-9-7-17-3-5-20-19(13-17)8-12-29-20)27-15-18-4-6-21(26-14-18)28-11-10-23-16-28/h3-6,10-11,13-14,16H,2,7-9,12,15H2,1H3,(H2,24,25,27). The number of imidazole rings is 1. The van der Waals surface area contributed by atoms with E-state index in [9.17, 15) is 0 Å². The Labute approximate surface area is 170 Å². The molecule has 0 aliphatic carbocycles. The van der Waals surface area contributed by atoms with Crippen LogP contribution in [-0.4, -0.2) is 40.2 Å². The van der Waals surface area contributed by atoms with Crippen molar-refractivity contribution in [3.63, 3.8) is 0 Å². The van der Waals surface area contributed by atoms with Crippen LogP contribution >= 0.6 is 0 Å². The van der Waals surface area contributed by atoms with E-state index >= 15 is 0 Å². The van der Waals surface area contributed by atoms with Crippen LogP contribution in [0.1, 0.15) is 23.6 Å². The van der Waals surface area contributed by atoms with Gasteiger partial charge in [0.25, 0.3) is 0 Å². The number of rotatable bonds is 7. The molecule has 4 rings (SSSR count). The van der Waals surface area contributed by atoms with Crippen LogP contribution < -0.4 is 15.4 Å². The third-order valence-corrected chi connectivity index (χ3v) is 4.80. The van der Waals surface area contributed by atoms with Gasteiger partial charge in [-0.3, -0.25) is 4.57 Å². The van der Waals surface area contributed by atoms with Crippen molar-refractivity contribution in [1.82, 2.24) is 25.2 Å². The van der Waals surface area contributed by atoms with Gasteiger partial charge in [0.2, 0.25) is 0 Å². The molecule has 1 aliphatic heterocycles. The number of nitrogens with zero attached hydrogens (tertiary/aromatic N) is 4. The van der Waals surface area contributed by atoms with Gasteiger partial charge in [-0.2, -0.15) is 0 Å². The van der Waals surface area contributed by atoms with Crippen LogP contribution in [0.2, 0.25) is 0 Å². The molecule has 7 nitrogen and oxygen atoms in total. The summed E-state index contributed by atoms with van der Waals surface area (Å²) in [6.45, 7) is 5.08. The van der Waals surface area contributed by atoms with Crippen molar-refractivity contribution >= 4 is 5.96 Å². The Bertz CT molecular complexity index is 950. The summed E-state index contributed by atoms with van der Waals surface area (Å²) in [7, 11) is 0. The Morgan fingerprint density at radius 3 is 2.93 bits per heavy atom. The molecule has 0 bridgehead atoms. The Morgan fingerprint density at radius 2 is 2.14 bits per heavy atom. The van der Waals surface area contributed by atoms with E-state index in [1.54, 1.807) is 12.5 Å². The van der Waals surface area contributed by atoms with Gasteiger partial charge in [-0.05, 0) is 42.2 Å². The number of aromatic nitrogens is 3. The molecule has 1 aliphatic rings. The number of hydrogen-bond donors (Lipinski definition) is 2. The highest BCUT2D eigenvalue weighted by Crippen LogP contribution is 2.25. The maximum absolute atomic E-state index is 5.58. The molecule has 0 saturated heterocycles. The summed E-state index contributed by atoms with van der Waals surface area (Å²) >= 11 is 0. The lowest BCUT2D eigenvalue weighted by Crippen LogP contribution is -2.38. The largest absolute Gasteiger partial charge is 0.493 e. The van der Waals surface area contributed by atoms with E-state index in [0.717, 1.165) is 55.6 Å². The Hall–Kier alpha value is -3.35. The van der Waals surface area contributed by atoms with Crippen LogP contribution in [0.25, 0.3) is 5.82 Å². The lowest BCUT2D eigenvalue weighted by atomic mass is 10.1. The minimum atomic E-state index is 0.572. The first-order valence-electron chi connectivity index (χ1n) is 10.0. The fraction of sp³-hybridized carbons (Fsp3) is 0.318. The topological polar surface area (TPSA) is 76.4 Å². The van der Waals surface area contributed by atoms with E-state index in [2.05, 4.69) is 50.7 Å². The predicted octanol–water partition coefficient (Wildman–Crippen LogP) is 2.50. The van der Waals surface area contributed by atoms with Crippen molar-refractivity contribution in [1.29, 1.82) is 0 Å². The molecule has 0 saturated carbocycles. The molecular weight excluding hydrogens is 364 g/mol. The van der Waals surface area contributed by atoms with Crippen LogP contribution in [0.15, 0.2) is 60.2 Å². The molecule has 7 heteroatoms. The summed E-state index contributed by atoms with van der Waals surface area (Å²) in [6.07, 6.45) is 9.16. The van der Waals surface area contributed by atoms with Crippen LogP contribution in [0.5, 0.6) is 5.75 Å². The highest BCUT2D eigenvalue weighted by atomic mass is 16.5. The lowest BCUT2D eigenvalue weighted by molar-refractivity contribution is 0.357. The number of ether oxygens (including phenoxy) is 1. The molecule has 2 aromatic heterocycles. The number of hydrogen-bond acceptors (Lipinski definition) is 4. The zero-order valence-electron chi connectivity index (χ0n) is 16.6. The summed E-state index contributed by atoms with van der Waals surface area (Å²) in [5, 5.41) is 6.72. The number of benzene rings is 1. The van der Waals surface area contributed by atoms with Crippen LogP contribution in [-0.2, 0) is 19.4 Å². The molecule has 3 aromatic rings. The molecule has 3 heterocycles. The first-order chi connectivity index (χ1) is 14.3. The molecule has 29 heavy (non-hydrogen) atoms. The van der Waals surface area contributed by atoms with E-state index in [1.165, 1.54) is 11.1 Å². The molecule has 0 unspecified atom stereocenters. The quantitative estimate of drug-likeness (QED) is 0.479. The van der Waals surface area contributed by atoms with Crippen molar-refractivity contribution in [2.45, 2.75) is 26.3 Å². The van der Waals surface area contributed by atoms with Crippen LogP contribution in [0.4, 0.5) is 0 Å². The molecule has 0 amide bonds. The van der Waals surface area contributed by atoms with E-state index in [1.807, 2.05) is 29.1 Å². The predicted molar refractivity (Wildman–Crippen MR) is 114 cm³/mol. The van der Waals surface area contributed by atoms with Gasteiger partial charge in [0.1, 0.15) is 17.9 Å². The second-order valence-electron chi connectivity index (χ2n) is 6.91. The third-order valence-electron chi connectivity index (χ3n) is 4.80. The first kappa shape index (κ1) is 19.0. The van der Waals surface area contributed by atoms with E-state index in [0.29, 0.717) is 6.54 Å². The van der Waals surface area contributed by atoms with Gasteiger partial charge in [-0.25, -0.2) is 15.0 Å². The zero-order valence-corrected chi connectivity index (χ0v) is 16.6. The van der Waals surface area contributed by atoms with Crippen molar-refractivity contribution in [2.24, 2.45) is 4.99 Å². The van der Waals surface area contributed by atoms with Crippen molar-refractivity contribution < 1.29 is 4.74 Å². The average molecular weight is 390 g/mol. The van der Waals surface area contributed by atoms with Gasteiger partial charge in [-0.1, -0.05) is 18.2 Å². The monoisotopic (exact) mass is 390 g/mol. The smallest absolute Gasteiger partial charge is 0.191 e. The molecule has 0 fully saturated rings. The summed E-state index contributed by atoms with van der Waals surface area (Å²) in [5.41, 5.74) is 3.69. The van der Waals surface area contributed by atoms with Gasteiger partial charge >= 0.3 is 0 Å². The Morgan fingerprint density at radius 1 is 1.21 bits per heavy atom. The minimum Gasteiger partial charge on any atom is -0.493 e. The SMILES string of the molecule is CCNC(=NCc1ccc(-n2ccnc2)nc1)NCCc1ccc2c(c1)CCO2. The van der Waals surface area contributed by atoms with Gasteiger partial charge < -0.3 is 15.4 Å². The van der Waals surface area contributed by atoms with Gasteiger partial charge in [0.15, 0.2) is 5.96 Å². The van der Waals surface area contributed by atoms with E-state index in [-0.39, 0.29) is 0 Å². The average Bonchev–Trinajstić information content (AvgIpc) is 3.44. The molecule has 1 aromatic carbocycles. The maximum atomic E-state index is 5.58. The molecule has 0 spiro atoms. The molecule has 0 atom stereocenters. The number of aliphatic imine (C=N–C) groups is 1. The first-order valence-corrected chi connectivity index (χ1v) is 10.0. The van der Waals surface area contributed by atoms with Crippen LogP contribution in [0, 0.1) is 0 Å². The molecule has 150 valence electrons. The Kier molecular flexibility index (Phi) is 6.04. The van der Waals surface area contributed by atoms with E-state index < -0.39 is 0 Å². The van der Waals surface area contributed by atoms with Gasteiger partial charge in [0.05, 0.1) is 13.2 Å². The second-order valence-corrected chi connectivity index (χ2v) is 6.91. The highest BCUT2D eigenvalue weighted by Gasteiger charge is 2.11. The summed E-state index contributed by atoms with van der Waals surface area (Å²) in [4.78, 5) is 13.2. The van der Waals surface area contributed by atoms with Gasteiger partial charge in [0, 0.05) is 38.1 Å². The summed E-state index contributed by atoms with van der Waals surface area (Å²) in [5.74, 6) is 2.69. The zero-order chi connectivity index (χ0) is 19.9. The minimum absolute atomic E-state index is 0.572. The third kappa shape index (κ3) is 4.93. The van der Waals surface area contributed by atoms with E-state index in [4.69, 9.17) is 4.74 Å². The second kappa shape index (κ2) is 9.23. The number of nitrogens with one attached hydrogen (secondary N) is 2. The van der Waals surface area contributed by atoms with Crippen LogP contribution in [0.3, 0.4) is 0 Å². The Balaban J connectivity index is 1.31. The number of fused-ring (bicyclic) bond motifs is 1. The number of pyridine rings is 1. The fourth-order valence-corrected chi connectivity index (χ4v) is 3.29. The van der Waals surface area contributed by atoms with Crippen molar-refractivity contribution in [3.05, 3.63) is 71.9 Å².